The van der Waals surface area contributed by atoms with Gasteiger partial charge in [0, 0.05) is 32.2 Å². The highest BCUT2D eigenvalue weighted by Crippen LogP contribution is 2.25. The van der Waals surface area contributed by atoms with Crippen LogP contribution in [-0.2, 0) is 0 Å². The quantitative estimate of drug-likeness (QED) is 0.924. The highest BCUT2D eigenvalue weighted by atomic mass is 79.9. The van der Waals surface area contributed by atoms with Crippen molar-refractivity contribution in [3.8, 4) is 6.07 Å². The molecule has 2 heterocycles. The zero-order chi connectivity index (χ0) is 13.1. The number of nitriles is 1. The Labute approximate surface area is 116 Å². The van der Waals surface area contributed by atoms with Crippen molar-refractivity contribution in [1.82, 2.24) is 19.8 Å². The normalized spacial score (nSPS) is 19.9. The molecule has 1 unspecified atom stereocenters. The maximum absolute atomic E-state index is 9.38. The van der Waals surface area contributed by atoms with E-state index in [1.807, 2.05) is 0 Å². The van der Waals surface area contributed by atoms with Gasteiger partial charge in [0.1, 0.15) is 10.6 Å². The molecule has 1 atom stereocenters. The summed E-state index contributed by atoms with van der Waals surface area (Å²) in [5.74, 6) is 0. The Kier molecular flexibility index (Phi) is 4.38. The summed E-state index contributed by atoms with van der Waals surface area (Å²) in [6.45, 7) is 8.29. The van der Waals surface area contributed by atoms with Gasteiger partial charge in [-0.15, -0.1) is 0 Å². The highest BCUT2D eigenvalue weighted by molar-refractivity contribution is 9.10. The van der Waals surface area contributed by atoms with E-state index in [1.165, 1.54) is 0 Å². The molecule has 0 bridgehead atoms. The molecule has 98 valence electrons. The van der Waals surface area contributed by atoms with Gasteiger partial charge < -0.3 is 4.98 Å². The van der Waals surface area contributed by atoms with E-state index in [4.69, 9.17) is 0 Å². The van der Waals surface area contributed by atoms with Crippen LogP contribution >= 0.6 is 15.9 Å². The van der Waals surface area contributed by atoms with Crippen LogP contribution in [-0.4, -0.2) is 52.0 Å². The van der Waals surface area contributed by atoms with Crippen LogP contribution in [0.3, 0.4) is 0 Å². The van der Waals surface area contributed by atoms with Gasteiger partial charge in [-0.3, -0.25) is 9.80 Å². The predicted molar refractivity (Wildman–Crippen MR) is 72.9 cm³/mol. The summed E-state index contributed by atoms with van der Waals surface area (Å²) in [6, 6.07) is 2.70. The molecule has 1 aliphatic rings. The lowest BCUT2D eigenvalue weighted by Gasteiger charge is -2.38. The SMILES string of the molecule is CC(C)N1CCN(C(C#N)c2[nH]cnc2Br)CC1. The third kappa shape index (κ3) is 2.74. The summed E-state index contributed by atoms with van der Waals surface area (Å²) >= 11 is 3.38. The van der Waals surface area contributed by atoms with Crippen LogP contribution in [0, 0.1) is 11.3 Å². The molecule has 1 N–H and O–H groups in total. The van der Waals surface area contributed by atoms with E-state index in [2.05, 4.69) is 55.6 Å². The maximum Gasteiger partial charge on any atom is 0.141 e. The van der Waals surface area contributed by atoms with Crippen molar-refractivity contribution in [3.05, 3.63) is 16.6 Å². The van der Waals surface area contributed by atoms with Crippen molar-refractivity contribution in [2.24, 2.45) is 0 Å². The first-order chi connectivity index (χ1) is 8.63. The van der Waals surface area contributed by atoms with Gasteiger partial charge in [0.2, 0.25) is 0 Å². The van der Waals surface area contributed by atoms with Gasteiger partial charge in [-0.1, -0.05) is 0 Å². The number of imidazole rings is 1. The number of piperazine rings is 1. The first kappa shape index (κ1) is 13.5. The summed E-state index contributed by atoms with van der Waals surface area (Å²) in [7, 11) is 0. The number of aromatic amines is 1. The van der Waals surface area contributed by atoms with Crippen molar-refractivity contribution in [1.29, 1.82) is 5.26 Å². The van der Waals surface area contributed by atoms with Crippen molar-refractivity contribution in [2.75, 3.05) is 26.2 Å². The lowest BCUT2D eigenvalue weighted by atomic mass is 10.1. The van der Waals surface area contributed by atoms with E-state index < -0.39 is 0 Å². The molecule has 2 rings (SSSR count). The molecule has 0 radical (unpaired) electrons. The van der Waals surface area contributed by atoms with Gasteiger partial charge in [-0.25, -0.2) is 4.98 Å². The molecule has 0 spiro atoms. The van der Waals surface area contributed by atoms with E-state index in [0.29, 0.717) is 6.04 Å². The monoisotopic (exact) mass is 311 g/mol. The van der Waals surface area contributed by atoms with Gasteiger partial charge in [0.25, 0.3) is 0 Å². The third-order valence-electron chi connectivity index (χ3n) is 3.46. The Morgan fingerprint density at radius 3 is 2.39 bits per heavy atom. The van der Waals surface area contributed by atoms with Crippen molar-refractivity contribution < 1.29 is 0 Å². The van der Waals surface area contributed by atoms with Gasteiger partial charge in [0.05, 0.1) is 18.1 Å². The second kappa shape index (κ2) is 5.83. The molecule has 1 aromatic rings. The van der Waals surface area contributed by atoms with Gasteiger partial charge >= 0.3 is 0 Å². The molecular weight excluding hydrogens is 294 g/mol. The van der Waals surface area contributed by atoms with Crippen LogP contribution in [0.15, 0.2) is 10.9 Å². The fourth-order valence-electron chi connectivity index (χ4n) is 2.32. The van der Waals surface area contributed by atoms with Gasteiger partial charge in [-0.2, -0.15) is 5.26 Å². The minimum Gasteiger partial charge on any atom is -0.345 e. The standard InChI is InChI=1S/C12H18BrN5/c1-9(2)17-3-5-18(6-4-17)10(7-14)11-12(13)16-8-15-11/h8-10H,3-6H2,1-2H3,(H,15,16). The largest absolute Gasteiger partial charge is 0.345 e. The van der Waals surface area contributed by atoms with Crippen LogP contribution in [0.5, 0.6) is 0 Å². The van der Waals surface area contributed by atoms with Crippen LogP contribution in [0.2, 0.25) is 0 Å². The fraction of sp³-hybridized carbons (Fsp3) is 0.667. The first-order valence-corrected chi connectivity index (χ1v) is 6.99. The Bertz CT molecular complexity index is 428. The molecule has 1 aromatic heterocycles. The molecule has 1 saturated heterocycles. The number of hydrogen-bond acceptors (Lipinski definition) is 4. The van der Waals surface area contributed by atoms with E-state index >= 15 is 0 Å². The van der Waals surface area contributed by atoms with Crippen LogP contribution in [0.4, 0.5) is 0 Å². The summed E-state index contributed by atoms with van der Waals surface area (Å²) in [6.07, 6.45) is 1.62. The second-order valence-electron chi connectivity index (χ2n) is 4.80. The molecule has 5 nitrogen and oxygen atoms in total. The molecule has 0 aliphatic carbocycles. The van der Waals surface area contributed by atoms with Crippen molar-refractivity contribution >= 4 is 15.9 Å². The third-order valence-corrected chi connectivity index (χ3v) is 4.09. The van der Waals surface area contributed by atoms with Crippen LogP contribution in [0.1, 0.15) is 25.6 Å². The summed E-state index contributed by atoms with van der Waals surface area (Å²) < 4.78 is 0.736. The fourth-order valence-corrected chi connectivity index (χ4v) is 2.75. The van der Waals surface area contributed by atoms with Crippen LogP contribution < -0.4 is 0 Å². The van der Waals surface area contributed by atoms with Gasteiger partial charge in [-0.05, 0) is 29.8 Å². The zero-order valence-electron chi connectivity index (χ0n) is 10.7. The molecule has 0 amide bonds. The Balaban J connectivity index is 2.04. The number of nitrogens with one attached hydrogen (secondary N) is 1. The summed E-state index contributed by atoms with van der Waals surface area (Å²) in [4.78, 5) is 11.8. The number of nitrogens with zero attached hydrogens (tertiary/aromatic N) is 4. The van der Waals surface area contributed by atoms with E-state index in [-0.39, 0.29) is 6.04 Å². The van der Waals surface area contributed by atoms with E-state index in [0.717, 1.165) is 36.5 Å². The number of aromatic nitrogens is 2. The van der Waals surface area contributed by atoms with Crippen molar-refractivity contribution in [3.63, 3.8) is 0 Å². The minimum atomic E-state index is -0.240. The smallest absolute Gasteiger partial charge is 0.141 e. The molecule has 0 aromatic carbocycles. The molecule has 0 saturated carbocycles. The second-order valence-corrected chi connectivity index (χ2v) is 5.56. The molecular formula is C12H18BrN5. The first-order valence-electron chi connectivity index (χ1n) is 6.20. The molecule has 1 aliphatic heterocycles. The Morgan fingerprint density at radius 2 is 1.94 bits per heavy atom. The minimum absolute atomic E-state index is 0.240. The van der Waals surface area contributed by atoms with Crippen LogP contribution in [0.25, 0.3) is 0 Å². The summed E-state index contributed by atoms with van der Waals surface area (Å²) in [5, 5.41) is 9.38. The topological polar surface area (TPSA) is 59.0 Å². The average Bonchev–Trinajstić information content (AvgIpc) is 2.78. The van der Waals surface area contributed by atoms with E-state index in [1.54, 1.807) is 6.33 Å². The van der Waals surface area contributed by atoms with Gasteiger partial charge in [0.15, 0.2) is 0 Å². The van der Waals surface area contributed by atoms with E-state index in [9.17, 15) is 5.26 Å². The summed E-state index contributed by atoms with van der Waals surface area (Å²) in [5.41, 5.74) is 0.857. The molecule has 1 fully saturated rings. The average molecular weight is 312 g/mol. The highest BCUT2D eigenvalue weighted by Gasteiger charge is 2.28. The Morgan fingerprint density at radius 1 is 1.33 bits per heavy atom. The lowest BCUT2D eigenvalue weighted by molar-refractivity contribution is 0.0920. The number of rotatable bonds is 3. The van der Waals surface area contributed by atoms with Crippen molar-refractivity contribution in [2.45, 2.75) is 25.9 Å². The lowest BCUT2D eigenvalue weighted by Crippen LogP contribution is -2.49. The zero-order valence-corrected chi connectivity index (χ0v) is 12.3. The maximum atomic E-state index is 9.38. The Hall–Kier alpha value is -0.900. The number of H-pyrrole nitrogens is 1. The number of hydrogen-bond donors (Lipinski definition) is 1. The predicted octanol–water partition coefficient (Wildman–Crippen LogP) is 1.76. The number of halogens is 1. The molecule has 6 heteroatoms. The molecule has 18 heavy (non-hydrogen) atoms.